The largest absolute Gasteiger partial charge is 0.306 e. The van der Waals surface area contributed by atoms with Crippen molar-refractivity contribution in [2.45, 2.75) is 13.0 Å². The summed E-state index contributed by atoms with van der Waals surface area (Å²) < 4.78 is 0. The fraction of sp³-hybridized carbons (Fsp3) is 0.333. The third-order valence-electron chi connectivity index (χ3n) is 1.54. The molecule has 1 heterocycles. The van der Waals surface area contributed by atoms with E-state index in [1.54, 1.807) is 11.3 Å². The lowest BCUT2D eigenvalue weighted by molar-refractivity contribution is 0.628. The van der Waals surface area contributed by atoms with E-state index >= 15 is 0 Å². The number of thiophene rings is 1. The zero-order chi connectivity index (χ0) is 8.10. The molecule has 0 radical (unpaired) electrons. The van der Waals surface area contributed by atoms with Gasteiger partial charge in [-0.3, -0.25) is 0 Å². The summed E-state index contributed by atoms with van der Waals surface area (Å²) in [6, 6.07) is 4.67. The average molecular weight is 167 g/mol. The monoisotopic (exact) mass is 167 g/mol. The van der Waals surface area contributed by atoms with Crippen molar-refractivity contribution in [2.75, 3.05) is 6.54 Å². The number of hydrogen-bond acceptors (Lipinski definition) is 2. The van der Waals surface area contributed by atoms with Crippen LogP contribution in [0, 0.1) is 0 Å². The molecule has 1 aromatic rings. The predicted octanol–water partition coefficient (Wildman–Crippen LogP) is 2.58. The van der Waals surface area contributed by atoms with Crippen molar-refractivity contribution < 1.29 is 0 Å². The molecule has 1 atom stereocenters. The number of nitrogens with one attached hydrogen (secondary N) is 1. The number of rotatable bonds is 4. The van der Waals surface area contributed by atoms with E-state index in [1.807, 2.05) is 6.08 Å². The lowest BCUT2D eigenvalue weighted by Crippen LogP contribution is -2.17. The van der Waals surface area contributed by atoms with Crippen LogP contribution in [0.25, 0.3) is 0 Å². The molecule has 11 heavy (non-hydrogen) atoms. The fourth-order valence-electron chi connectivity index (χ4n) is 0.898. The third kappa shape index (κ3) is 2.48. The first-order valence-electron chi connectivity index (χ1n) is 3.72. The van der Waals surface area contributed by atoms with Gasteiger partial charge in [-0.1, -0.05) is 12.1 Å². The summed E-state index contributed by atoms with van der Waals surface area (Å²) in [5.74, 6) is 0. The molecular weight excluding hydrogens is 154 g/mol. The molecular formula is C9H13NS. The van der Waals surface area contributed by atoms with E-state index in [2.05, 4.69) is 36.3 Å². The second-order valence-electron chi connectivity index (χ2n) is 2.43. The van der Waals surface area contributed by atoms with Gasteiger partial charge in [-0.05, 0) is 18.4 Å². The van der Waals surface area contributed by atoms with Crippen LogP contribution in [-0.4, -0.2) is 6.54 Å². The Morgan fingerprint density at radius 3 is 3.18 bits per heavy atom. The predicted molar refractivity (Wildman–Crippen MR) is 50.9 cm³/mol. The highest BCUT2D eigenvalue weighted by atomic mass is 32.1. The minimum atomic E-state index is 0.452. The van der Waals surface area contributed by atoms with Gasteiger partial charge in [-0.25, -0.2) is 0 Å². The van der Waals surface area contributed by atoms with Crippen LogP contribution in [0.4, 0.5) is 0 Å². The van der Waals surface area contributed by atoms with E-state index in [9.17, 15) is 0 Å². The summed E-state index contributed by atoms with van der Waals surface area (Å²) >= 11 is 1.78. The molecule has 2 heteroatoms. The lowest BCUT2D eigenvalue weighted by atomic mass is 10.3. The molecule has 0 aliphatic heterocycles. The molecule has 0 saturated carbocycles. The van der Waals surface area contributed by atoms with Crippen molar-refractivity contribution in [3.05, 3.63) is 35.0 Å². The maximum atomic E-state index is 3.65. The van der Waals surface area contributed by atoms with Gasteiger partial charge in [0.1, 0.15) is 0 Å². The Hall–Kier alpha value is -0.600. The Balaban J connectivity index is 2.42. The first-order chi connectivity index (χ1) is 5.34. The van der Waals surface area contributed by atoms with Crippen LogP contribution >= 0.6 is 11.3 Å². The van der Waals surface area contributed by atoms with E-state index < -0.39 is 0 Å². The SMILES string of the molecule is C=CCN[C@H](C)c1cccs1. The zero-order valence-corrected chi connectivity index (χ0v) is 7.53. The Labute approximate surface area is 71.8 Å². The molecule has 60 valence electrons. The van der Waals surface area contributed by atoms with Crippen molar-refractivity contribution in [3.8, 4) is 0 Å². The van der Waals surface area contributed by atoms with Crippen LogP contribution < -0.4 is 5.32 Å². The lowest BCUT2D eigenvalue weighted by Gasteiger charge is -2.08. The van der Waals surface area contributed by atoms with E-state index in [1.165, 1.54) is 4.88 Å². The zero-order valence-electron chi connectivity index (χ0n) is 6.71. The normalized spacial score (nSPS) is 12.8. The summed E-state index contributed by atoms with van der Waals surface area (Å²) in [6.07, 6.45) is 1.88. The Kier molecular flexibility index (Phi) is 3.33. The molecule has 0 saturated heterocycles. The van der Waals surface area contributed by atoms with Gasteiger partial charge < -0.3 is 5.32 Å². The van der Waals surface area contributed by atoms with Gasteiger partial charge in [0.05, 0.1) is 0 Å². The molecule has 1 aromatic heterocycles. The Bertz CT molecular complexity index is 203. The molecule has 0 aliphatic carbocycles. The van der Waals surface area contributed by atoms with Crippen molar-refractivity contribution in [2.24, 2.45) is 0 Å². The number of hydrogen-bond donors (Lipinski definition) is 1. The highest BCUT2D eigenvalue weighted by molar-refractivity contribution is 7.10. The van der Waals surface area contributed by atoms with Gasteiger partial charge in [0.15, 0.2) is 0 Å². The summed E-state index contributed by atoms with van der Waals surface area (Å²) in [7, 11) is 0. The van der Waals surface area contributed by atoms with Crippen LogP contribution in [0.5, 0.6) is 0 Å². The molecule has 0 amide bonds. The van der Waals surface area contributed by atoms with Gasteiger partial charge in [0.25, 0.3) is 0 Å². The molecule has 0 aliphatic rings. The molecule has 0 unspecified atom stereocenters. The molecule has 1 rings (SSSR count). The molecule has 1 N–H and O–H groups in total. The van der Waals surface area contributed by atoms with Gasteiger partial charge >= 0.3 is 0 Å². The van der Waals surface area contributed by atoms with Crippen LogP contribution in [-0.2, 0) is 0 Å². The molecule has 0 spiro atoms. The second-order valence-corrected chi connectivity index (χ2v) is 3.41. The van der Waals surface area contributed by atoms with Gasteiger partial charge in [-0.15, -0.1) is 17.9 Å². The van der Waals surface area contributed by atoms with Crippen LogP contribution in [0.15, 0.2) is 30.2 Å². The maximum absolute atomic E-state index is 3.65. The summed E-state index contributed by atoms with van der Waals surface area (Å²) in [5, 5.41) is 5.43. The van der Waals surface area contributed by atoms with Gasteiger partial charge in [0, 0.05) is 17.5 Å². The molecule has 0 fully saturated rings. The van der Waals surface area contributed by atoms with Crippen LogP contribution in [0.1, 0.15) is 17.8 Å². The standard InChI is InChI=1S/C9H13NS/c1-3-6-10-8(2)9-5-4-7-11-9/h3-5,7-8,10H,1,6H2,2H3/t8-/m1/s1. The van der Waals surface area contributed by atoms with E-state index in [4.69, 9.17) is 0 Å². The fourth-order valence-corrected chi connectivity index (χ4v) is 1.66. The van der Waals surface area contributed by atoms with Gasteiger partial charge in [0.2, 0.25) is 0 Å². The highest BCUT2D eigenvalue weighted by Gasteiger charge is 2.02. The Morgan fingerprint density at radius 1 is 1.82 bits per heavy atom. The third-order valence-corrected chi connectivity index (χ3v) is 2.59. The molecule has 0 aromatic carbocycles. The van der Waals surface area contributed by atoms with Crippen molar-refractivity contribution in [1.82, 2.24) is 5.32 Å². The van der Waals surface area contributed by atoms with Crippen molar-refractivity contribution >= 4 is 11.3 Å². The summed E-state index contributed by atoms with van der Waals surface area (Å²) in [5.41, 5.74) is 0. The van der Waals surface area contributed by atoms with Crippen molar-refractivity contribution in [1.29, 1.82) is 0 Å². The van der Waals surface area contributed by atoms with Crippen molar-refractivity contribution in [3.63, 3.8) is 0 Å². The summed E-state index contributed by atoms with van der Waals surface area (Å²) in [6.45, 7) is 6.69. The smallest absolute Gasteiger partial charge is 0.0388 e. The minimum absolute atomic E-state index is 0.452. The first kappa shape index (κ1) is 8.50. The van der Waals surface area contributed by atoms with Gasteiger partial charge in [-0.2, -0.15) is 0 Å². The average Bonchev–Trinajstić information content (AvgIpc) is 2.52. The van der Waals surface area contributed by atoms with Crippen LogP contribution in [0.3, 0.4) is 0 Å². The first-order valence-corrected chi connectivity index (χ1v) is 4.60. The second kappa shape index (κ2) is 4.31. The summed E-state index contributed by atoms with van der Waals surface area (Å²) in [4.78, 5) is 1.38. The van der Waals surface area contributed by atoms with E-state index in [0.29, 0.717) is 6.04 Å². The van der Waals surface area contributed by atoms with E-state index in [0.717, 1.165) is 6.54 Å². The van der Waals surface area contributed by atoms with E-state index in [-0.39, 0.29) is 0 Å². The van der Waals surface area contributed by atoms with Crippen LogP contribution in [0.2, 0.25) is 0 Å². The maximum Gasteiger partial charge on any atom is 0.0388 e. The molecule has 0 bridgehead atoms. The molecule has 1 nitrogen and oxygen atoms in total. The minimum Gasteiger partial charge on any atom is -0.306 e. The quantitative estimate of drug-likeness (QED) is 0.680. The topological polar surface area (TPSA) is 12.0 Å². The highest BCUT2D eigenvalue weighted by Crippen LogP contribution is 2.17. The Morgan fingerprint density at radius 2 is 2.64 bits per heavy atom.